The predicted molar refractivity (Wildman–Crippen MR) is 19.9 cm³/mol. The zero-order chi connectivity index (χ0) is 4.57. The SMILES string of the molecule is COC1OC1N. The summed E-state index contributed by atoms with van der Waals surface area (Å²) >= 11 is 0. The molecule has 0 bridgehead atoms. The van der Waals surface area contributed by atoms with Crippen LogP contribution in [0.3, 0.4) is 0 Å². The first-order valence-electron chi connectivity index (χ1n) is 1.78. The Morgan fingerprint density at radius 3 is 2.33 bits per heavy atom. The first kappa shape index (κ1) is 4.05. The van der Waals surface area contributed by atoms with Gasteiger partial charge in [0.2, 0.25) is 0 Å². The molecule has 6 heavy (non-hydrogen) atoms. The first-order chi connectivity index (χ1) is 2.84. The van der Waals surface area contributed by atoms with Crippen molar-refractivity contribution >= 4 is 0 Å². The summed E-state index contributed by atoms with van der Waals surface area (Å²) in [4.78, 5) is 0. The highest BCUT2D eigenvalue weighted by molar-refractivity contribution is 4.66. The average molecular weight is 89.1 g/mol. The van der Waals surface area contributed by atoms with Gasteiger partial charge in [-0.05, 0) is 0 Å². The Morgan fingerprint density at radius 1 is 1.83 bits per heavy atom. The van der Waals surface area contributed by atoms with Gasteiger partial charge in [0, 0.05) is 7.11 Å². The molecular weight excluding hydrogens is 82.0 g/mol. The third-order valence-corrected chi connectivity index (χ3v) is 0.715. The maximum Gasteiger partial charge on any atom is 0.199 e. The Hall–Kier alpha value is -0.120. The lowest BCUT2D eigenvalue weighted by Crippen LogP contribution is -2.05. The van der Waals surface area contributed by atoms with E-state index in [2.05, 4.69) is 9.47 Å². The fourth-order valence-electron chi connectivity index (χ4n) is 0.299. The van der Waals surface area contributed by atoms with Crippen molar-refractivity contribution in [2.24, 2.45) is 5.73 Å². The van der Waals surface area contributed by atoms with Crippen molar-refractivity contribution < 1.29 is 9.47 Å². The summed E-state index contributed by atoms with van der Waals surface area (Å²) in [6, 6.07) is 0. The predicted octanol–water partition coefficient (Wildman–Crippen LogP) is -0.726. The highest BCUT2D eigenvalue weighted by Gasteiger charge is 2.34. The molecule has 0 aromatic carbocycles. The van der Waals surface area contributed by atoms with Crippen molar-refractivity contribution in [2.45, 2.75) is 12.5 Å². The van der Waals surface area contributed by atoms with Crippen molar-refractivity contribution in [3.63, 3.8) is 0 Å². The molecule has 2 N–H and O–H groups in total. The van der Waals surface area contributed by atoms with Crippen LogP contribution in [0.4, 0.5) is 0 Å². The van der Waals surface area contributed by atoms with Gasteiger partial charge in [-0.1, -0.05) is 0 Å². The van der Waals surface area contributed by atoms with Crippen LogP contribution < -0.4 is 5.73 Å². The van der Waals surface area contributed by atoms with Crippen LogP contribution in [0.1, 0.15) is 0 Å². The third-order valence-electron chi connectivity index (χ3n) is 0.715. The lowest BCUT2D eigenvalue weighted by molar-refractivity contribution is 0.0950. The maximum atomic E-state index is 5.13. The Bertz CT molecular complexity index is 54.8. The van der Waals surface area contributed by atoms with Gasteiger partial charge in [-0.2, -0.15) is 0 Å². The molecule has 0 amide bonds. The van der Waals surface area contributed by atoms with Crippen LogP contribution in [0.2, 0.25) is 0 Å². The number of ether oxygens (including phenoxy) is 2. The summed E-state index contributed by atoms with van der Waals surface area (Å²) in [7, 11) is 1.57. The number of epoxide rings is 1. The van der Waals surface area contributed by atoms with Crippen LogP contribution in [-0.4, -0.2) is 19.6 Å². The molecule has 1 aliphatic rings. The van der Waals surface area contributed by atoms with Crippen LogP contribution in [0.25, 0.3) is 0 Å². The van der Waals surface area contributed by atoms with E-state index < -0.39 is 0 Å². The van der Waals surface area contributed by atoms with E-state index in [1.54, 1.807) is 7.11 Å². The van der Waals surface area contributed by atoms with Crippen molar-refractivity contribution in [3.05, 3.63) is 0 Å². The zero-order valence-corrected chi connectivity index (χ0v) is 3.55. The van der Waals surface area contributed by atoms with E-state index in [1.807, 2.05) is 0 Å². The van der Waals surface area contributed by atoms with Gasteiger partial charge in [0.25, 0.3) is 0 Å². The van der Waals surface area contributed by atoms with Gasteiger partial charge in [-0.15, -0.1) is 0 Å². The Labute approximate surface area is 36.0 Å². The summed E-state index contributed by atoms with van der Waals surface area (Å²) in [5, 5.41) is 0. The Kier molecular flexibility index (Phi) is 0.799. The second kappa shape index (κ2) is 1.18. The molecule has 3 heteroatoms. The third kappa shape index (κ3) is 0.518. The van der Waals surface area contributed by atoms with E-state index >= 15 is 0 Å². The fraction of sp³-hybridized carbons (Fsp3) is 1.00. The van der Waals surface area contributed by atoms with Crippen molar-refractivity contribution in [1.29, 1.82) is 0 Å². The first-order valence-corrected chi connectivity index (χ1v) is 1.78. The minimum atomic E-state index is -0.157. The number of rotatable bonds is 1. The van der Waals surface area contributed by atoms with E-state index in [-0.39, 0.29) is 12.5 Å². The van der Waals surface area contributed by atoms with Gasteiger partial charge < -0.3 is 15.2 Å². The molecule has 0 saturated carbocycles. The summed E-state index contributed by atoms with van der Waals surface area (Å²) in [5.41, 5.74) is 5.13. The molecule has 0 aromatic heterocycles. The molecule has 36 valence electrons. The molecule has 0 radical (unpaired) electrons. The monoisotopic (exact) mass is 89.0 g/mol. The van der Waals surface area contributed by atoms with Crippen molar-refractivity contribution in [3.8, 4) is 0 Å². The summed E-state index contributed by atoms with van der Waals surface area (Å²) in [6.07, 6.45) is -0.278. The molecule has 1 fully saturated rings. The summed E-state index contributed by atoms with van der Waals surface area (Å²) in [6.45, 7) is 0. The highest BCUT2D eigenvalue weighted by Crippen LogP contribution is 2.14. The van der Waals surface area contributed by atoms with E-state index in [1.165, 1.54) is 0 Å². The second-order valence-electron chi connectivity index (χ2n) is 1.20. The smallest absolute Gasteiger partial charge is 0.199 e. The topological polar surface area (TPSA) is 47.8 Å². The van der Waals surface area contributed by atoms with Gasteiger partial charge in [0.1, 0.15) is 0 Å². The average Bonchev–Trinajstić information content (AvgIpc) is 2.19. The quantitative estimate of drug-likeness (QED) is 0.431. The number of methoxy groups -OCH3 is 1. The van der Waals surface area contributed by atoms with E-state index in [0.29, 0.717) is 0 Å². The van der Waals surface area contributed by atoms with E-state index in [0.717, 1.165) is 0 Å². The normalized spacial score (nSPS) is 43.0. The standard InChI is InChI=1S/C3H7NO2/c1-5-3-2(4)6-3/h2-3H,4H2,1H3. The molecule has 0 aromatic rings. The lowest BCUT2D eigenvalue weighted by Gasteiger charge is -1.78. The number of nitrogens with two attached hydrogens (primary N) is 1. The molecular formula is C3H7NO2. The van der Waals surface area contributed by atoms with Crippen molar-refractivity contribution in [1.82, 2.24) is 0 Å². The summed E-state index contributed by atoms with van der Waals surface area (Å²) in [5.74, 6) is 0. The number of hydrogen-bond acceptors (Lipinski definition) is 3. The fourth-order valence-corrected chi connectivity index (χ4v) is 0.299. The molecule has 1 saturated heterocycles. The number of hydrogen-bond donors (Lipinski definition) is 1. The molecule has 3 nitrogen and oxygen atoms in total. The van der Waals surface area contributed by atoms with Crippen LogP contribution in [0.15, 0.2) is 0 Å². The van der Waals surface area contributed by atoms with Gasteiger partial charge in [-0.3, -0.25) is 0 Å². The van der Waals surface area contributed by atoms with Crippen molar-refractivity contribution in [2.75, 3.05) is 7.11 Å². The van der Waals surface area contributed by atoms with Crippen LogP contribution in [0, 0.1) is 0 Å². The molecule has 1 heterocycles. The highest BCUT2D eigenvalue weighted by atomic mass is 16.8. The molecule has 0 spiro atoms. The molecule has 1 aliphatic heterocycles. The van der Waals surface area contributed by atoms with Crippen LogP contribution in [-0.2, 0) is 9.47 Å². The molecule has 2 atom stereocenters. The van der Waals surface area contributed by atoms with Gasteiger partial charge in [0.05, 0.1) is 0 Å². The zero-order valence-electron chi connectivity index (χ0n) is 3.55. The Balaban J connectivity index is 2.09. The van der Waals surface area contributed by atoms with E-state index in [9.17, 15) is 0 Å². The minimum absolute atomic E-state index is 0.120. The summed E-state index contributed by atoms with van der Waals surface area (Å²) < 4.78 is 9.25. The second-order valence-corrected chi connectivity index (χ2v) is 1.20. The molecule has 1 rings (SSSR count). The maximum absolute atomic E-state index is 5.13. The minimum Gasteiger partial charge on any atom is -0.352 e. The van der Waals surface area contributed by atoms with Gasteiger partial charge in [-0.25, -0.2) is 0 Å². The lowest BCUT2D eigenvalue weighted by atomic mass is 10.7. The van der Waals surface area contributed by atoms with Crippen LogP contribution >= 0.6 is 0 Å². The Morgan fingerprint density at radius 2 is 2.33 bits per heavy atom. The largest absolute Gasteiger partial charge is 0.352 e. The van der Waals surface area contributed by atoms with Gasteiger partial charge in [0.15, 0.2) is 12.5 Å². The molecule has 0 aliphatic carbocycles. The van der Waals surface area contributed by atoms with Gasteiger partial charge >= 0.3 is 0 Å². The molecule has 2 unspecified atom stereocenters. The van der Waals surface area contributed by atoms with E-state index in [4.69, 9.17) is 5.73 Å². The van der Waals surface area contributed by atoms with Crippen LogP contribution in [0.5, 0.6) is 0 Å².